The van der Waals surface area contributed by atoms with E-state index in [1.807, 2.05) is 36.4 Å². The normalized spacial score (nSPS) is 18.6. The lowest BCUT2D eigenvalue weighted by Crippen LogP contribution is -2.23. The first-order chi connectivity index (χ1) is 13.8. The number of phenolic OH excluding ortho intramolecular Hbond substituents is 1. The van der Waals surface area contributed by atoms with Crippen molar-refractivity contribution >= 4 is 22.3 Å². The number of phenols is 1. The van der Waals surface area contributed by atoms with E-state index in [0.29, 0.717) is 17.4 Å². The fourth-order valence-electron chi connectivity index (χ4n) is 3.85. The number of aromatic nitrogens is 2. The van der Waals surface area contributed by atoms with Crippen molar-refractivity contribution in [3.05, 3.63) is 66.3 Å². The Labute approximate surface area is 163 Å². The number of hydrogen-bond donors (Lipinski definition) is 3. The molecule has 1 aliphatic heterocycles. The summed E-state index contributed by atoms with van der Waals surface area (Å²) in [5.74, 6) is 1.54. The number of aromatic hydroxyl groups is 1. The van der Waals surface area contributed by atoms with Crippen LogP contribution < -0.4 is 10.6 Å². The minimum atomic E-state index is 0.190. The molecule has 2 aromatic carbocycles. The summed E-state index contributed by atoms with van der Waals surface area (Å²) in [7, 11) is 0. The Hall–Kier alpha value is -3.18. The highest BCUT2D eigenvalue weighted by atomic mass is 16.3. The van der Waals surface area contributed by atoms with Crippen molar-refractivity contribution in [2.45, 2.75) is 18.9 Å². The molecule has 1 aliphatic carbocycles. The number of nitrogens with one attached hydrogen (secondary N) is 2. The lowest BCUT2D eigenvalue weighted by Gasteiger charge is -2.16. The Morgan fingerprint density at radius 2 is 2.04 bits per heavy atom. The number of benzene rings is 2. The summed E-state index contributed by atoms with van der Waals surface area (Å²) in [6, 6.07) is 14.0. The first kappa shape index (κ1) is 17.0. The highest BCUT2D eigenvalue weighted by Gasteiger charge is 2.18. The molecule has 0 radical (unpaired) electrons. The number of allylic oxidation sites excluding steroid dienone is 4. The topological polar surface area (TPSA) is 70.1 Å². The van der Waals surface area contributed by atoms with E-state index >= 15 is 0 Å². The number of nitrogens with zero attached hydrogens (tertiary/aromatic N) is 2. The monoisotopic (exact) mass is 370 g/mol. The van der Waals surface area contributed by atoms with Gasteiger partial charge in [-0.3, -0.25) is 0 Å². The quantitative estimate of drug-likeness (QED) is 0.644. The maximum atomic E-state index is 10.5. The van der Waals surface area contributed by atoms with Gasteiger partial charge < -0.3 is 15.7 Å². The summed E-state index contributed by atoms with van der Waals surface area (Å²) in [4.78, 5) is 9.56. The molecule has 1 fully saturated rings. The lowest BCUT2D eigenvalue weighted by molar-refractivity contribution is 0.477. The summed E-state index contributed by atoms with van der Waals surface area (Å²) in [6.07, 6.45) is 8.43. The zero-order valence-corrected chi connectivity index (χ0v) is 15.5. The standard InChI is InChI=1S/C23H22N4O/c28-21-10-9-16(15-5-1-2-6-15)13-19(21)23-26-20-8-4-3-7-18(20)22(27-23)25-17-11-12-24-14-17/h1,3-10,13,17,24,28H,2,11-12,14H2,(H,25,26,27)/t17-/m0/s1. The maximum absolute atomic E-state index is 10.5. The Morgan fingerprint density at radius 1 is 1.11 bits per heavy atom. The van der Waals surface area contributed by atoms with Gasteiger partial charge in [0.15, 0.2) is 5.82 Å². The van der Waals surface area contributed by atoms with E-state index < -0.39 is 0 Å². The highest BCUT2D eigenvalue weighted by molar-refractivity contribution is 5.91. The van der Waals surface area contributed by atoms with E-state index in [-0.39, 0.29) is 5.75 Å². The smallest absolute Gasteiger partial charge is 0.165 e. The van der Waals surface area contributed by atoms with Crippen LogP contribution in [0.2, 0.25) is 0 Å². The molecule has 5 rings (SSSR count). The predicted molar refractivity (Wildman–Crippen MR) is 113 cm³/mol. The Morgan fingerprint density at radius 3 is 2.86 bits per heavy atom. The van der Waals surface area contributed by atoms with Crippen LogP contribution in [0.1, 0.15) is 18.4 Å². The van der Waals surface area contributed by atoms with Crippen molar-refractivity contribution in [3.63, 3.8) is 0 Å². The molecule has 0 bridgehead atoms. The molecule has 0 amide bonds. The molecule has 2 aliphatic rings. The molecule has 3 N–H and O–H groups in total. The predicted octanol–water partition coefficient (Wildman–Crippen LogP) is 4.12. The fourth-order valence-corrected chi connectivity index (χ4v) is 3.85. The van der Waals surface area contributed by atoms with E-state index in [4.69, 9.17) is 9.97 Å². The average Bonchev–Trinajstić information content (AvgIpc) is 3.42. The van der Waals surface area contributed by atoms with Crippen LogP contribution in [0, 0.1) is 0 Å². The van der Waals surface area contributed by atoms with Crippen molar-refractivity contribution in [2.75, 3.05) is 18.4 Å². The lowest BCUT2D eigenvalue weighted by atomic mass is 10.0. The van der Waals surface area contributed by atoms with Crippen LogP contribution in [0.5, 0.6) is 5.75 Å². The van der Waals surface area contributed by atoms with E-state index in [2.05, 4.69) is 28.9 Å². The molecule has 3 aromatic rings. The molecule has 1 saturated heterocycles. The van der Waals surface area contributed by atoms with Gasteiger partial charge in [-0.25, -0.2) is 9.97 Å². The summed E-state index contributed by atoms with van der Waals surface area (Å²) < 4.78 is 0. The zero-order chi connectivity index (χ0) is 18.9. The van der Waals surface area contributed by atoms with Crippen LogP contribution in [0.3, 0.4) is 0 Å². The Bertz CT molecular complexity index is 1100. The first-order valence-electron chi connectivity index (χ1n) is 9.72. The summed E-state index contributed by atoms with van der Waals surface area (Å²) in [5.41, 5.74) is 3.74. The molecule has 28 heavy (non-hydrogen) atoms. The number of anilines is 1. The SMILES string of the molecule is Oc1ccc(C2=CCC=C2)cc1-c1nc(N[C@H]2CCNC2)c2ccccc2n1. The molecule has 140 valence electrons. The molecule has 0 unspecified atom stereocenters. The number of fused-ring (bicyclic) bond motifs is 1. The zero-order valence-electron chi connectivity index (χ0n) is 15.5. The maximum Gasteiger partial charge on any atom is 0.165 e. The number of para-hydroxylation sites is 1. The van der Waals surface area contributed by atoms with Crippen molar-refractivity contribution in [1.82, 2.24) is 15.3 Å². The van der Waals surface area contributed by atoms with Gasteiger partial charge in [-0.1, -0.05) is 36.4 Å². The van der Waals surface area contributed by atoms with Crippen LogP contribution in [-0.2, 0) is 0 Å². The second-order valence-corrected chi connectivity index (χ2v) is 7.28. The van der Waals surface area contributed by atoms with Crippen LogP contribution in [0.15, 0.2) is 60.7 Å². The van der Waals surface area contributed by atoms with Gasteiger partial charge in [0.25, 0.3) is 0 Å². The molecular formula is C23H22N4O. The molecule has 1 atom stereocenters. The Kier molecular flexibility index (Phi) is 4.29. The van der Waals surface area contributed by atoms with Crippen LogP contribution >= 0.6 is 0 Å². The van der Waals surface area contributed by atoms with E-state index in [1.54, 1.807) is 6.07 Å². The van der Waals surface area contributed by atoms with Gasteiger partial charge in [-0.05, 0) is 54.8 Å². The molecule has 2 heterocycles. The minimum absolute atomic E-state index is 0.190. The van der Waals surface area contributed by atoms with Crippen molar-refractivity contribution in [1.29, 1.82) is 0 Å². The van der Waals surface area contributed by atoms with Crippen LogP contribution in [0.4, 0.5) is 5.82 Å². The van der Waals surface area contributed by atoms with Crippen molar-refractivity contribution < 1.29 is 5.11 Å². The summed E-state index contributed by atoms with van der Waals surface area (Å²) >= 11 is 0. The van der Waals surface area contributed by atoms with Gasteiger partial charge in [0.2, 0.25) is 0 Å². The van der Waals surface area contributed by atoms with Gasteiger partial charge in [-0.15, -0.1) is 0 Å². The van der Waals surface area contributed by atoms with Gasteiger partial charge in [0.05, 0.1) is 11.1 Å². The van der Waals surface area contributed by atoms with Gasteiger partial charge in [-0.2, -0.15) is 0 Å². The summed E-state index contributed by atoms with van der Waals surface area (Å²) in [6.45, 7) is 1.94. The third-order valence-electron chi connectivity index (χ3n) is 5.35. The van der Waals surface area contributed by atoms with Crippen molar-refractivity contribution in [3.8, 4) is 17.1 Å². The van der Waals surface area contributed by atoms with Gasteiger partial charge in [0, 0.05) is 18.0 Å². The molecule has 0 saturated carbocycles. The Balaban J connectivity index is 1.62. The molecule has 5 nitrogen and oxygen atoms in total. The molecule has 5 heteroatoms. The highest BCUT2D eigenvalue weighted by Crippen LogP contribution is 2.34. The summed E-state index contributed by atoms with van der Waals surface area (Å²) in [5, 5.41) is 18.5. The largest absolute Gasteiger partial charge is 0.507 e. The minimum Gasteiger partial charge on any atom is -0.507 e. The van der Waals surface area contributed by atoms with Gasteiger partial charge in [0.1, 0.15) is 11.6 Å². The first-order valence-corrected chi connectivity index (χ1v) is 9.72. The van der Waals surface area contributed by atoms with Crippen LogP contribution in [-0.4, -0.2) is 34.2 Å². The number of hydrogen-bond acceptors (Lipinski definition) is 5. The molecular weight excluding hydrogens is 348 g/mol. The van der Waals surface area contributed by atoms with Gasteiger partial charge >= 0.3 is 0 Å². The second-order valence-electron chi connectivity index (χ2n) is 7.28. The number of rotatable bonds is 4. The third-order valence-corrected chi connectivity index (χ3v) is 5.35. The fraction of sp³-hybridized carbons (Fsp3) is 0.217. The third kappa shape index (κ3) is 3.14. The average molecular weight is 370 g/mol. The van der Waals surface area contributed by atoms with E-state index in [9.17, 15) is 5.11 Å². The van der Waals surface area contributed by atoms with Crippen LogP contribution in [0.25, 0.3) is 27.9 Å². The van der Waals surface area contributed by atoms with E-state index in [0.717, 1.165) is 53.8 Å². The van der Waals surface area contributed by atoms with E-state index in [1.165, 1.54) is 0 Å². The molecule has 1 aromatic heterocycles. The van der Waals surface area contributed by atoms with Crippen molar-refractivity contribution in [2.24, 2.45) is 0 Å². The second kappa shape index (κ2) is 7.09. The molecule has 0 spiro atoms.